The second kappa shape index (κ2) is 7.80. The molecule has 0 saturated carbocycles. The topological polar surface area (TPSA) is 88.2 Å². The second-order valence-corrected chi connectivity index (χ2v) is 5.37. The van der Waals surface area contributed by atoms with E-state index >= 15 is 0 Å². The van der Waals surface area contributed by atoms with Crippen LogP contribution >= 0.6 is 11.8 Å². The van der Waals surface area contributed by atoms with Gasteiger partial charge in [0.2, 0.25) is 0 Å². The standard InChI is InChI=1S/C14H17N3O3S/c1-10-8-11(17-20-10)9-21-14-12(4-2-5-16-14)13(19)15-6-3-7-18/h2,4-5,8,18H,3,6-7,9H2,1H3,(H,15,19). The van der Waals surface area contributed by atoms with Crippen LogP contribution in [-0.2, 0) is 5.75 Å². The van der Waals surface area contributed by atoms with E-state index in [4.69, 9.17) is 9.63 Å². The molecule has 112 valence electrons. The molecule has 2 aromatic heterocycles. The fourth-order valence-electron chi connectivity index (χ4n) is 1.68. The molecule has 1 amide bonds. The van der Waals surface area contributed by atoms with E-state index in [-0.39, 0.29) is 12.5 Å². The molecule has 6 nitrogen and oxygen atoms in total. The summed E-state index contributed by atoms with van der Waals surface area (Å²) < 4.78 is 5.01. The summed E-state index contributed by atoms with van der Waals surface area (Å²) in [6.07, 6.45) is 2.19. The molecular formula is C14H17N3O3S. The van der Waals surface area contributed by atoms with Gasteiger partial charge in [-0.2, -0.15) is 0 Å². The van der Waals surface area contributed by atoms with Crippen molar-refractivity contribution in [3.63, 3.8) is 0 Å². The van der Waals surface area contributed by atoms with Crippen LogP contribution in [0.5, 0.6) is 0 Å². The number of hydrogen-bond acceptors (Lipinski definition) is 6. The summed E-state index contributed by atoms with van der Waals surface area (Å²) in [5.74, 6) is 1.16. The average molecular weight is 307 g/mol. The van der Waals surface area contributed by atoms with Crippen molar-refractivity contribution < 1.29 is 14.4 Å². The number of rotatable bonds is 7. The molecule has 0 saturated heterocycles. The fraction of sp³-hybridized carbons (Fsp3) is 0.357. The van der Waals surface area contributed by atoms with Crippen LogP contribution < -0.4 is 5.32 Å². The molecule has 0 atom stereocenters. The predicted octanol–water partition coefficient (Wildman–Crippen LogP) is 1.78. The summed E-state index contributed by atoms with van der Waals surface area (Å²) in [6.45, 7) is 2.33. The Hall–Kier alpha value is -1.86. The highest BCUT2D eigenvalue weighted by Crippen LogP contribution is 2.23. The molecule has 0 bridgehead atoms. The molecule has 2 N–H and O–H groups in total. The molecule has 0 aliphatic carbocycles. The Labute approximate surface area is 126 Å². The van der Waals surface area contributed by atoms with E-state index in [1.54, 1.807) is 18.3 Å². The summed E-state index contributed by atoms with van der Waals surface area (Å²) in [5, 5.41) is 16.1. The van der Waals surface area contributed by atoms with Gasteiger partial charge < -0.3 is 14.9 Å². The lowest BCUT2D eigenvalue weighted by molar-refractivity contribution is 0.0947. The van der Waals surface area contributed by atoms with Gasteiger partial charge in [-0.1, -0.05) is 16.9 Å². The first-order valence-corrected chi connectivity index (χ1v) is 7.58. The molecule has 2 aromatic rings. The number of nitrogens with one attached hydrogen (secondary N) is 1. The molecule has 0 radical (unpaired) electrons. The molecule has 2 heterocycles. The lowest BCUT2D eigenvalue weighted by atomic mass is 10.2. The predicted molar refractivity (Wildman–Crippen MR) is 79.1 cm³/mol. The van der Waals surface area contributed by atoms with Gasteiger partial charge in [0.25, 0.3) is 5.91 Å². The second-order valence-electron chi connectivity index (χ2n) is 4.41. The third-order valence-electron chi connectivity index (χ3n) is 2.67. The molecule has 0 aliphatic heterocycles. The highest BCUT2D eigenvalue weighted by molar-refractivity contribution is 7.98. The number of carbonyl (C=O) groups is 1. The lowest BCUT2D eigenvalue weighted by Gasteiger charge is -2.07. The van der Waals surface area contributed by atoms with Crippen LogP contribution in [0.15, 0.2) is 33.9 Å². The highest BCUT2D eigenvalue weighted by Gasteiger charge is 2.13. The van der Waals surface area contributed by atoms with E-state index in [2.05, 4.69) is 15.5 Å². The number of carbonyl (C=O) groups excluding carboxylic acids is 1. The van der Waals surface area contributed by atoms with Crippen LogP contribution in [0.4, 0.5) is 0 Å². The summed E-state index contributed by atoms with van der Waals surface area (Å²) in [4.78, 5) is 16.3. The first kappa shape index (κ1) is 15.5. The Morgan fingerprint density at radius 3 is 3.10 bits per heavy atom. The van der Waals surface area contributed by atoms with E-state index in [0.29, 0.717) is 29.3 Å². The van der Waals surface area contributed by atoms with Crippen molar-refractivity contribution in [3.8, 4) is 0 Å². The SMILES string of the molecule is Cc1cc(CSc2ncccc2C(=O)NCCCO)no1. The molecule has 7 heteroatoms. The smallest absolute Gasteiger partial charge is 0.254 e. The Morgan fingerprint density at radius 2 is 2.38 bits per heavy atom. The van der Waals surface area contributed by atoms with E-state index in [1.165, 1.54) is 11.8 Å². The average Bonchev–Trinajstić information content (AvgIpc) is 2.91. The molecule has 21 heavy (non-hydrogen) atoms. The molecule has 0 spiro atoms. The van der Waals surface area contributed by atoms with Gasteiger partial charge >= 0.3 is 0 Å². The van der Waals surface area contributed by atoms with Crippen molar-refractivity contribution in [2.75, 3.05) is 13.2 Å². The zero-order valence-electron chi connectivity index (χ0n) is 11.7. The summed E-state index contributed by atoms with van der Waals surface area (Å²) in [7, 11) is 0. The number of aryl methyl sites for hydroxylation is 1. The zero-order valence-corrected chi connectivity index (χ0v) is 12.5. The number of amides is 1. The maximum absolute atomic E-state index is 12.1. The fourth-order valence-corrected chi connectivity index (χ4v) is 2.56. The van der Waals surface area contributed by atoms with Crippen molar-refractivity contribution in [2.24, 2.45) is 0 Å². The van der Waals surface area contributed by atoms with Gasteiger partial charge in [0.05, 0.1) is 11.3 Å². The van der Waals surface area contributed by atoms with Crippen LogP contribution in [0.2, 0.25) is 0 Å². The summed E-state index contributed by atoms with van der Waals surface area (Å²) in [6, 6.07) is 5.32. The minimum atomic E-state index is -0.185. The first-order chi connectivity index (χ1) is 10.2. The molecule has 0 fully saturated rings. The number of aliphatic hydroxyl groups excluding tert-OH is 1. The summed E-state index contributed by atoms with van der Waals surface area (Å²) >= 11 is 1.44. The molecule has 0 aliphatic rings. The maximum Gasteiger partial charge on any atom is 0.254 e. The molecular weight excluding hydrogens is 290 g/mol. The van der Waals surface area contributed by atoms with Gasteiger partial charge in [-0.25, -0.2) is 4.98 Å². The van der Waals surface area contributed by atoms with Gasteiger partial charge in [0.15, 0.2) is 0 Å². The van der Waals surface area contributed by atoms with Gasteiger partial charge in [-0.3, -0.25) is 4.79 Å². The Bertz CT molecular complexity index is 601. The summed E-state index contributed by atoms with van der Waals surface area (Å²) in [5.41, 5.74) is 1.34. The number of nitrogens with zero attached hydrogens (tertiary/aromatic N) is 2. The van der Waals surface area contributed by atoms with Crippen molar-refractivity contribution in [3.05, 3.63) is 41.4 Å². The number of pyridine rings is 1. The first-order valence-electron chi connectivity index (χ1n) is 6.60. The Kier molecular flexibility index (Phi) is 5.77. The van der Waals surface area contributed by atoms with E-state index in [1.807, 2.05) is 13.0 Å². The van der Waals surface area contributed by atoms with E-state index < -0.39 is 0 Å². The molecule has 0 unspecified atom stereocenters. The van der Waals surface area contributed by atoms with Crippen LogP contribution in [0.3, 0.4) is 0 Å². The third kappa shape index (κ3) is 4.57. The number of hydrogen-bond donors (Lipinski definition) is 2. The van der Waals surface area contributed by atoms with E-state index in [9.17, 15) is 4.79 Å². The zero-order chi connectivity index (χ0) is 15.1. The van der Waals surface area contributed by atoms with Crippen LogP contribution in [0.1, 0.15) is 28.2 Å². The van der Waals surface area contributed by atoms with Gasteiger partial charge in [0, 0.05) is 31.2 Å². The minimum absolute atomic E-state index is 0.0560. The third-order valence-corrected chi connectivity index (χ3v) is 3.71. The lowest BCUT2D eigenvalue weighted by Crippen LogP contribution is -2.25. The van der Waals surface area contributed by atoms with Crippen LogP contribution in [0, 0.1) is 6.92 Å². The van der Waals surface area contributed by atoms with Crippen molar-refractivity contribution in [1.82, 2.24) is 15.5 Å². The van der Waals surface area contributed by atoms with Crippen molar-refractivity contribution in [2.45, 2.75) is 24.1 Å². The van der Waals surface area contributed by atoms with Gasteiger partial charge in [0.1, 0.15) is 10.8 Å². The quantitative estimate of drug-likeness (QED) is 0.599. The number of aromatic nitrogens is 2. The van der Waals surface area contributed by atoms with E-state index in [0.717, 1.165) is 11.5 Å². The molecule has 0 aromatic carbocycles. The maximum atomic E-state index is 12.1. The minimum Gasteiger partial charge on any atom is -0.396 e. The normalized spacial score (nSPS) is 10.6. The van der Waals surface area contributed by atoms with Gasteiger partial charge in [-0.05, 0) is 25.5 Å². The van der Waals surface area contributed by atoms with Crippen molar-refractivity contribution >= 4 is 17.7 Å². The van der Waals surface area contributed by atoms with Gasteiger partial charge in [-0.15, -0.1) is 0 Å². The monoisotopic (exact) mass is 307 g/mol. The number of thioether (sulfide) groups is 1. The Balaban J connectivity index is 2.00. The largest absolute Gasteiger partial charge is 0.396 e. The van der Waals surface area contributed by atoms with Crippen LogP contribution in [-0.4, -0.2) is 34.3 Å². The highest BCUT2D eigenvalue weighted by atomic mass is 32.2. The molecule has 2 rings (SSSR count). The number of aliphatic hydroxyl groups is 1. The van der Waals surface area contributed by atoms with Crippen LogP contribution in [0.25, 0.3) is 0 Å². The van der Waals surface area contributed by atoms with Crippen molar-refractivity contribution in [1.29, 1.82) is 0 Å². The Morgan fingerprint density at radius 1 is 1.52 bits per heavy atom.